The fourth-order valence-electron chi connectivity index (χ4n) is 1.43. The smallest absolute Gasteiger partial charge is 0.337 e. The van der Waals surface area contributed by atoms with E-state index in [9.17, 15) is 4.79 Å². The Morgan fingerprint density at radius 3 is 2.69 bits per heavy atom. The Bertz CT molecular complexity index is 302. The molecule has 0 saturated carbocycles. The van der Waals surface area contributed by atoms with Gasteiger partial charge >= 0.3 is 5.97 Å². The SMILES string of the molecule is CCCc1cc(C(=O)O)cn1CC. The Balaban J connectivity index is 2.96. The second-order valence-corrected chi connectivity index (χ2v) is 3.06. The van der Waals surface area contributed by atoms with E-state index in [4.69, 9.17) is 5.11 Å². The van der Waals surface area contributed by atoms with Crippen molar-refractivity contribution >= 4 is 5.97 Å². The Labute approximate surface area is 78.0 Å². The van der Waals surface area contributed by atoms with Crippen molar-refractivity contribution in [1.29, 1.82) is 0 Å². The zero-order valence-electron chi connectivity index (χ0n) is 8.08. The molecule has 0 aliphatic carbocycles. The number of hydrogen-bond donors (Lipinski definition) is 1. The van der Waals surface area contributed by atoms with Gasteiger partial charge in [-0.2, -0.15) is 0 Å². The normalized spacial score (nSPS) is 10.3. The number of hydrogen-bond acceptors (Lipinski definition) is 1. The molecule has 0 fully saturated rings. The van der Waals surface area contributed by atoms with Gasteiger partial charge in [0.1, 0.15) is 0 Å². The van der Waals surface area contributed by atoms with Gasteiger partial charge in [-0.25, -0.2) is 4.79 Å². The van der Waals surface area contributed by atoms with Crippen molar-refractivity contribution in [3.8, 4) is 0 Å². The number of carboxylic acids is 1. The van der Waals surface area contributed by atoms with Gasteiger partial charge in [0, 0.05) is 18.4 Å². The van der Waals surface area contributed by atoms with E-state index in [2.05, 4.69) is 6.92 Å². The van der Waals surface area contributed by atoms with Crippen LogP contribution in [-0.2, 0) is 13.0 Å². The third-order valence-corrected chi connectivity index (χ3v) is 2.08. The maximum Gasteiger partial charge on any atom is 0.337 e. The highest BCUT2D eigenvalue weighted by atomic mass is 16.4. The second-order valence-electron chi connectivity index (χ2n) is 3.06. The number of aromatic nitrogens is 1. The summed E-state index contributed by atoms with van der Waals surface area (Å²) in [5, 5.41) is 8.77. The lowest BCUT2D eigenvalue weighted by atomic mass is 10.2. The second kappa shape index (κ2) is 4.12. The van der Waals surface area contributed by atoms with E-state index in [1.165, 1.54) is 0 Å². The average Bonchev–Trinajstić information content (AvgIpc) is 2.48. The molecule has 0 aliphatic heterocycles. The Morgan fingerprint density at radius 1 is 1.54 bits per heavy atom. The Kier molecular flexibility index (Phi) is 3.12. The minimum atomic E-state index is -0.843. The van der Waals surface area contributed by atoms with E-state index in [1.54, 1.807) is 12.3 Å². The lowest BCUT2D eigenvalue weighted by Crippen LogP contribution is -1.98. The van der Waals surface area contributed by atoms with Crippen LogP contribution in [0.1, 0.15) is 36.3 Å². The zero-order chi connectivity index (χ0) is 9.84. The molecule has 0 spiro atoms. The van der Waals surface area contributed by atoms with Crippen LogP contribution in [0.3, 0.4) is 0 Å². The molecular weight excluding hydrogens is 166 g/mol. The van der Waals surface area contributed by atoms with Crippen LogP contribution in [0.5, 0.6) is 0 Å². The molecule has 0 saturated heterocycles. The summed E-state index contributed by atoms with van der Waals surface area (Å²) in [7, 11) is 0. The van der Waals surface area contributed by atoms with Crippen molar-refractivity contribution in [2.75, 3.05) is 0 Å². The molecular formula is C10H15NO2. The number of carbonyl (C=O) groups is 1. The van der Waals surface area contributed by atoms with Crippen LogP contribution in [0, 0.1) is 0 Å². The maximum absolute atomic E-state index is 10.7. The van der Waals surface area contributed by atoms with Gasteiger partial charge in [-0.1, -0.05) is 13.3 Å². The lowest BCUT2D eigenvalue weighted by Gasteiger charge is -2.02. The van der Waals surface area contributed by atoms with E-state index in [1.807, 2.05) is 11.5 Å². The van der Waals surface area contributed by atoms with Crippen LogP contribution in [0.25, 0.3) is 0 Å². The predicted octanol–water partition coefficient (Wildman–Crippen LogP) is 2.16. The van der Waals surface area contributed by atoms with Crippen LogP contribution in [0.2, 0.25) is 0 Å². The molecule has 3 nitrogen and oxygen atoms in total. The molecule has 0 bridgehead atoms. The van der Waals surface area contributed by atoms with Crippen LogP contribution in [0.15, 0.2) is 12.3 Å². The molecule has 0 aliphatic rings. The van der Waals surface area contributed by atoms with Crippen LogP contribution >= 0.6 is 0 Å². The summed E-state index contributed by atoms with van der Waals surface area (Å²) in [4.78, 5) is 10.7. The predicted molar refractivity (Wildman–Crippen MR) is 51.1 cm³/mol. The largest absolute Gasteiger partial charge is 0.478 e. The summed E-state index contributed by atoms with van der Waals surface area (Å²) < 4.78 is 1.99. The fourth-order valence-corrected chi connectivity index (χ4v) is 1.43. The highest BCUT2D eigenvalue weighted by Gasteiger charge is 2.08. The molecule has 0 radical (unpaired) electrons. The standard InChI is InChI=1S/C10H15NO2/c1-3-5-9-6-8(10(12)13)7-11(9)4-2/h6-7H,3-5H2,1-2H3,(H,12,13). The summed E-state index contributed by atoms with van der Waals surface area (Å²) >= 11 is 0. The third-order valence-electron chi connectivity index (χ3n) is 2.08. The first kappa shape index (κ1) is 9.84. The van der Waals surface area contributed by atoms with Gasteiger partial charge in [-0.15, -0.1) is 0 Å². The Hall–Kier alpha value is -1.25. The molecule has 0 atom stereocenters. The van der Waals surface area contributed by atoms with Gasteiger partial charge in [0.2, 0.25) is 0 Å². The van der Waals surface area contributed by atoms with E-state index >= 15 is 0 Å². The van der Waals surface area contributed by atoms with Crippen molar-refractivity contribution in [3.05, 3.63) is 23.5 Å². The molecule has 1 N–H and O–H groups in total. The van der Waals surface area contributed by atoms with Crippen molar-refractivity contribution in [2.45, 2.75) is 33.2 Å². The molecule has 1 aromatic rings. The van der Waals surface area contributed by atoms with Gasteiger partial charge in [0.05, 0.1) is 5.56 Å². The summed E-state index contributed by atoms with van der Waals surface area (Å²) in [6.45, 7) is 4.95. The minimum Gasteiger partial charge on any atom is -0.478 e. The third kappa shape index (κ3) is 2.11. The molecule has 1 heterocycles. The van der Waals surface area contributed by atoms with E-state index in [0.29, 0.717) is 5.56 Å². The Morgan fingerprint density at radius 2 is 2.23 bits per heavy atom. The van der Waals surface area contributed by atoms with E-state index < -0.39 is 5.97 Å². The van der Waals surface area contributed by atoms with Gasteiger partial charge in [-0.3, -0.25) is 0 Å². The summed E-state index contributed by atoms with van der Waals surface area (Å²) in [6, 6.07) is 1.76. The quantitative estimate of drug-likeness (QED) is 0.773. The zero-order valence-corrected chi connectivity index (χ0v) is 8.08. The molecule has 0 aromatic carbocycles. The van der Waals surface area contributed by atoms with Crippen LogP contribution in [0.4, 0.5) is 0 Å². The first-order valence-electron chi connectivity index (χ1n) is 4.61. The first-order valence-corrected chi connectivity index (χ1v) is 4.61. The monoisotopic (exact) mass is 181 g/mol. The molecule has 72 valence electrons. The van der Waals surface area contributed by atoms with Crippen molar-refractivity contribution in [2.24, 2.45) is 0 Å². The lowest BCUT2D eigenvalue weighted by molar-refractivity contribution is 0.0697. The summed E-state index contributed by atoms with van der Waals surface area (Å²) in [6.07, 6.45) is 3.69. The number of aromatic carboxylic acids is 1. The van der Waals surface area contributed by atoms with Crippen molar-refractivity contribution < 1.29 is 9.90 Å². The molecule has 3 heteroatoms. The molecule has 1 rings (SSSR count). The van der Waals surface area contributed by atoms with Crippen LogP contribution in [-0.4, -0.2) is 15.6 Å². The van der Waals surface area contributed by atoms with E-state index in [-0.39, 0.29) is 0 Å². The minimum absolute atomic E-state index is 0.394. The first-order chi connectivity index (χ1) is 6.19. The number of aryl methyl sites for hydroxylation is 2. The van der Waals surface area contributed by atoms with Gasteiger partial charge < -0.3 is 9.67 Å². The van der Waals surface area contributed by atoms with Crippen molar-refractivity contribution in [1.82, 2.24) is 4.57 Å². The number of rotatable bonds is 4. The summed E-state index contributed by atoms with van der Waals surface area (Å²) in [5.41, 5.74) is 1.51. The molecule has 0 unspecified atom stereocenters. The molecule has 0 amide bonds. The van der Waals surface area contributed by atoms with Gasteiger partial charge in [0.15, 0.2) is 0 Å². The number of nitrogens with zero attached hydrogens (tertiary/aromatic N) is 1. The maximum atomic E-state index is 10.7. The average molecular weight is 181 g/mol. The molecule has 13 heavy (non-hydrogen) atoms. The van der Waals surface area contributed by atoms with Gasteiger partial charge in [-0.05, 0) is 19.4 Å². The van der Waals surface area contributed by atoms with E-state index in [0.717, 1.165) is 25.1 Å². The molecule has 1 aromatic heterocycles. The topological polar surface area (TPSA) is 42.2 Å². The fraction of sp³-hybridized carbons (Fsp3) is 0.500. The van der Waals surface area contributed by atoms with Crippen molar-refractivity contribution in [3.63, 3.8) is 0 Å². The highest BCUT2D eigenvalue weighted by Crippen LogP contribution is 2.10. The van der Waals surface area contributed by atoms with Gasteiger partial charge in [0.25, 0.3) is 0 Å². The number of carboxylic acid groups (broad SMARTS) is 1. The summed E-state index contributed by atoms with van der Waals surface area (Å²) in [5.74, 6) is -0.843. The van der Waals surface area contributed by atoms with Crippen LogP contribution < -0.4 is 0 Å². The highest BCUT2D eigenvalue weighted by molar-refractivity contribution is 5.87.